The average molecular weight is 411 g/mol. The Morgan fingerprint density at radius 3 is 0.812 bits per heavy atom. The summed E-state index contributed by atoms with van der Waals surface area (Å²) in [6, 6.07) is 40.5. The van der Waals surface area contributed by atoms with Crippen LogP contribution in [-0.4, -0.2) is 5.78 Å². The Hall–Kier alpha value is -4.41. The fourth-order valence-corrected chi connectivity index (χ4v) is 4.15. The Balaban J connectivity index is 0.00000119. The fraction of sp³-hybridized carbons (Fsp3) is 0. The second kappa shape index (κ2) is 9.60. The number of carbonyl (C=O) groups is 1. The molecule has 0 aliphatic heterocycles. The lowest BCUT2D eigenvalue weighted by atomic mass is 9.89. The average Bonchev–Trinajstić information content (AvgIpc) is 3.20. The molecular formula is C31H22O. The van der Waals surface area contributed by atoms with Gasteiger partial charge in [-0.25, -0.2) is 0 Å². The topological polar surface area (TPSA) is 17.1 Å². The van der Waals surface area contributed by atoms with E-state index in [0.29, 0.717) is 0 Å². The number of rotatable bonds is 4. The largest absolute Gasteiger partial charge is 0.289 e. The van der Waals surface area contributed by atoms with Gasteiger partial charge in [-0.05, 0) is 22.3 Å². The van der Waals surface area contributed by atoms with Crippen molar-refractivity contribution in [3.63, 3.8) is 0 Å². The normalized spacial score (nSPS) is 13.0. The number of hydrogen-bond donors (Lipinski definition) is 0. The molecule has 4 aromatic carbocycles. The molecular weight excluding hydrogens is 388 g/mol. The second-order valence-corrected chi connectivity index (χ2v) is 7.29. The third-order valence-electron chi connectivity index (χ3n) is 5.45. The van der Waals surface area contributed by atoms with Crippen LogP contribution in [0.4, 0.5) is 0 Å². The predicted molar refractivity (Wildman–Crippen MR) is 134 cm³/mol. The number of benzene rings is 4. The Morgan fingerprint density at radius 2 is 0.562 bits per heavy atom. The molecule has 0 unspecified atom stereocenters. The van der Waals surface area contributed by atoms with Crippen LogP contribution in [0.3, 0.4) is 0 Å². The number of allylic oxidation sites excluding steroid dienone is 4. The summed E-state index contributed by atoms with van der Waals surface area (Å²) in [5, 5.41) is 0. The molecule has 4 aromatic rings. The van der Waals surface area contributed by atoms with Crippen LogP contribution in [-0.2, 0) is 4.79 Å². The van der Waals surface area contributed by atoms with E-state index in [9.17, 15) is 4.79 Å². The number of carbonyl (C=O) groups excluding carboxylic acids is 1. The summed E-state index contributed by atoms with van der Waals surface area (Å²) >= 11 is 0. The van der Waals surface area contributed by atoms with Crippen LogP contribution in [0, 0.1) is 12.8 Å². The smallest absolute Gasteiger partial charge is 0.195 e. The zero-order valence-corrected chi connectivity index (χ0v) is 17.6. The number of Topliss-reactive ketones (excluding diaryl/α,β-unsaturated/α-hetero) is 1. The van der Waals surface area contributed by atoms with Gasteiger partial charge < -0.3 is 0 Å². The lowest BCUT2D eigenvalue weighted by Crippen LogP contribution is -2.01. The first-order valence-corrected chi connectivity index (χ1v) is 10.4. The van der Waals surface area contributed by atoms with Crippen molar-refractivity contribution in [1.29, 1.82) is 0 Å². The molecule has 0 fully saturated rings. The SMILES string of the molecule is C#C.O=C1C(c2ccccc2)=C(c2ccccc2)C(c2ccccc2)=C1c1ccccc1. The first kappa shape index (κ1) is 20.8. The summed E-state index contributed by atoms with van der Waals surface area (Å²) < 4.78 is 0. The van der Waals surface area contributed by atoms with Gasteiger partial charge >= 0.3 is 0 Å². The third-order valence-corrected chi connectivity index (χ3v) is 5.45. The molecule has 0 radical (unpaired) electrons. The van der Waals surface area contributed by atoms with E-state index in [0.717, 1.165) is 44.5 Å². The Labute approximate surface area is 189 Å². The van der Waals surface area contributed by atoms with Crippen molar-refractivity contribution < 1.29 is 4.79 Å². The molecule has 0 saturated carbocycles. The van der Waals surface area contributed by atoms with Gasteiger partial charge in [0, 0.05) is 22.3 Å². The van der Waals surface area contributed by atoms with Crippen LogP contribution in [0.2, 0.25) is 0 Å². The summed E-state index contributed by atoms with van der Waals surface area (Å²) in [4.78, 5) is 14.0. The molecule has 0 bridgehead atoms. The Kier molecular flexibility index (Phi) is 6.25. The number of terminal acetylenes is 1. The fourth-order valence-electron chi connectivity index (χ4n) is 4.15. The quantitative estimate of drug-likeness (QED) is 0.330. The Bertz CT molecular complexity index is 1190. The summed E-state index contributed by atoms with van der Waals surface area (Å²) in [5.74, 6) is 0.0742. The van der Waals surface area contributed by atoms with Gasteiger partial charge in [0.05, 0.1) is 0 Å². The lowest BCUT2D eigenvalue weighted by Gasteiger charge is -2.13. The molecule has 0 amide bonds. The number of hydrogen-bond acceptors (Lipinski definition) is 1. The molecule has 5 rings (SSSR count). The van der Waals surface area contributed by atoms with Crippen molar-refractivity contribution in [3.05, 3.63) is 144 Å². The molecule has 1 heteroatoms. The molecule has 0 aromatic heterocycles. The molecule has 0 atom stereocenters. The zero-order valence-electron chi connectivity index (χ0n) is 17.6. The first-order chi connectivity index (χ1) is 15.8. The minimum Gasteiger partial charge on any atom is -0.289 e. The van der Waals surface area contributed by atoms with Crippen molar-refractivity contribution in [2.75, 3.05) is 0 Å². The first-order valence-electron chi connectivity index (χ1n) is 10.4. The molecule has 0 spiro atoms. The maximum atomic E-state index is 14.0. The van der Waals surface area contributed by atoms with Gasteiger partial charge in [-0.2, -0.15) is 0 Å². The van der Waals surface area contributed by atoms with E-state index in [1.165, 1.54) is 0 Å². The van der Waals surface area contributed by atoms with E-state index in [1.54, 1.807) is 0 Å². The van der Waals surface area contributed by atoms with E-state index in [-0.39, 0.29) is 5.78 Å². The van der Waals surface area contributed by atoms with Crippen LogP contribution in [0.1, 0.15) is 22.3 Å². The molecule has 152 valence electrons. The highest BCUT2D eigenvalue weighted by Crippen LogP contribution is 2.49. The second-order valence-electron chi connectivity index (χ2n) is 7.29. The highest BCUT2D eigenvalue weighted by molar-refractivity contribution is 6.59. The van der Waals surface area contributed by atoms with Crippen LogP contribution < -0.4 is 0 Å². The minimum atomic E-state index is 0.0742. The molecule has 1 nitrogen and oxygen atoms in total. The van der Waals surface area contributed by atoms with Crippen molar-refractivity contribution in [2.45, 2.75) is 0 Å². The van der Waals surface area contributed by atoms with Crippen molar-refractivity contribution in [2.24, 2.45) is 0 Å². The van der Waals surface area contributed by atoms with E-state index in [4.69, 9.17) is 0 Å². The molecule has 1 aliphatic rings. The van der Waals surface area contributed by atoms with Gasteiger partial charge in [-0.15, -0.1) is 12.8 Å². The standard InChI is InChI=1S/C29H20O.C2H2/c30-29-27(23-17-9-3-10-18-23)25(21-13-5-1-6-14-21)26(22-15-7-2-8-16-22)28(29)24-19-11-4-12-20-24;1-2/h1-20H;1-2H. The van der Waals surface area contributed by atoms with Gasteiger partial charge in [0.15, 0.2) is 5.78 Å². The van der Waals surface area contributed by atoms with Gasteiger partial charge in [0.25, 0.3) is 0 Å². The maximum Gasteiger partial charge on any atom is 0.195 e. The van der Waals surface area contributed by atoms with E-state index in [1.807, 2.05) is 97.1 Å². The van der Waals surface area contributed by atoms with Crippen LogP contribution in [0.25, 0.3) is 22.3 Å². The summed E-state index contributed by atoms with van der Waals surface area (Å²) in [7, 11) is 0. The molecule has 0 N–H and O–H groups in total. The van der Waals surface area contributed by atoms with Gasteiger partial charge in [-0.1, -0.05) is 121 Å². The van der Waals surface area contributed by atoms with Crippen LogP contribution >= 0.6 is 0 Å². The highest BCUT2D eigenvalue weighted by atomic mass is 16.1. The van der Waals surface area contributed by atoms with Crippen molar-refractivity contribution in [3.8, 4) is 12.8 Å². The van der Waals surface area contributed by atoms with E-state index >= 15 is 0 Å². The molecule has 1 aliphatic carbocycles. The van der Waals surface area contributed by atoms with E-state index in [2.05, 4.69) is 37.1 Å². The lowest BCUT2D eigenvalue weighted by molar-refractivity contribution is -0.108. The van der Waals surface area contributed by atoms with Crippen LogP contribution in [0.15, 0.2) is 121 Å². The van der Waals surface area contributed by atoms with Gasteiger partial charge in [0.2, 0.25) is 0 Å². The van der Waals surface area contributed by atoms with Crippen molar-refractivity contribution in [1.82, 2.24) is 0 Å². The predicted octanol–water partition coefficient (Wildman–Crippen LogP) is 7.04. The minimum absolute atomic E-state index is 0.0742. The highest BCUT2D eigenvalue weighted by Gasteiger charge is 2.35. The van der Waals surface area contributed by atoms with Crippen LogP contribution in [0.5, 0.6) is 0 Å². The monoisotopic (exact) mass is 410 g/mol. The molecule has 0 heterocycles. The summed E-state index contributed by atoms with van der Waals surface area (Å²) in [6.07, 6.45) is 8.00. The maximum absolute atomic E-state index is 14.0. The molecule has 32 heavy (non-hydrogen) atoms. The summed E-state index contributed by atoms with van der Waals surface area (Å²) in [5.41, 5.74) is 7.51. The zero-order chi connectivity index (χ0) is 22.3. The third kappa shape index (κ3) is 3.83. The molecule has 0 saturated heterocycles. The van der Waals surface area contributed by atoms with Gasteiger partial charge in [0.1, 0.15) is 0 Å². The Morgan fingerprint density at radius 1 is 0.344 bits per heavy atom. The summed E-state index contributed by atoms with van der Waals surface area (Å²) in [6.45, 7) is 0. The van der Waals surface area contributed by atoms with Crippen molar-refractivity contribution >= 4 is 28.1 Å². The van der Waals surface area contributed by atoms with Gasteiger partial charge in [-0.3, -0.25) is 4.79 Å². The number of ketones is 1. The van der Waals surface area contributed by atoms with E-state index < -0.39 is 0 Å².